The van der Waals surface area contributed by atoms with E-state index in [4.69, 9.17) is 21.1 Å². The lowest BCUT2D eigenvalue weighted by molar-refractivity contribution is 0.353. The summed E-state index contributed by atoms with van der Waals surface area (Å²) in [7, 11) is 3.24. The van der Waals surface area contributed by atoms with Crippen LogP contribution < -0.4 is 14.8 Å². The lowest BCUT2D eigenvalue weighted by atomic mass is 9.95. The summed E-state index contributed by atoms with van der Waals surface area (Å²) in [6.07, 6.45) is 7.35. The highest BCUT2D eigenvalue weighted by Gasteiger charge is 2.20. The second kappa shape index (κ2) is 8.16. The Kier molecular flexibility index (Phi) is 6.52. The standard InChI is InChI=1S/C16H24ClNO2S/c1-19-15-9-11(8-14(17)16(15)20-2)10-18-12-4-6-13(21-3)7-5-12/h8-9,12-13,18H,4-7,10H2,1-3H3. The molecule has 1 fully saturated rings. The van der Waals surface area contributed by atoms with Crippen LogP contribution in [0.5, 0.6) is 11.5 Å². The minimum atomic E-state index is 0.597. The van der Waals surface area contributed by atoms with Crippen molar-refractivity contribution >= 4 is 23.4 Å². The normalized spacial score (nSPS) is 22.1. The van der Waals surface area contributed by atoms with Gasteiger partial charge in [-0.3, -0.25) is 0 Å². The largest absolute Gasteiger partial charge is 0.493 e. The molecule has 0 aliphatic heterocycles. The van der Waals surface area contributed by atoms with Crippen LogP contribution in [0.1, 0.15) is 31.2 Å². The van der Waals surface area contributed by atoms with E-state index in [1.165, 1.54) is 25.7 Å². The van der Waals surface area contributed by atoms with E-state index in [0.29, 0.717) is 22.6 Å². The van der Waals surface area contributed by atoms with Crippen molar-refractivity contribution in [3.63, 3.8) is 0 Å². The first-order chi connectivity index (χ1) is 10.2. The number of thioether (sulfide) groups is 1. The Balaban J connectivity index is 1.93. The van der Waals surface area contributed by atoms with Crippen LogP contribution in [-0.2, 0) is 6.54 Å². The zero-order valence-electron chi connectivity index (χ0n) is 12.9. The molecule has 0 radical (unpaired) electrons. The van der Waals surface area contributed by atoms with E-state index in [2.05, 4.69) is 11.6 Å². The second-order valence-electron chi connectivity index (χ2n) is 5.40. The number of benzene rings is 1. The molecule has 0 saturated heterocycles. The average molecular weight is 330 g/mol. The molecular weight excluding hydrogens is 306 g/mol. The van der Waals surface area contributed by atoms with Gasteiger partial charge in [-0.05, 0) is 49.6 Å². The number of halogens is 1. The number of hydrogen-bond donors (Lipinski definition) is 1. The molecule has 1 aliphatic carbocycles. The van der Waals surface area contributed by atoms with Crippen molar-refractivity contribution in [2.75, 3.05) is 20.5 Å². The molecule has 0 unspecified atom stereocenters. The Labute approximate surface area is 136 Å². The Bertz CT molecular complexity index is 462. The van der Waals surface area contributed by atoms with Crippen molar-refractivity contribution in [3.05, 3.63) is 22.7 Å². The monoisotopic (exact) mass is 329 g/mol. The van der Waals surface area contributed by atoms with Gasteiger partial charge in [-0.2, -0.15) is 11.8 Å². The zero-order valence-corrected chi connectivity index (χ0v) is 14.5. The first-order valence-electron chi connectivity index (χ1n) is 7.34. The molecule has 1 aromatic rings. The van der Waals surface area contributed by atoms with E-state index >= 15 is 0 Å². The molecule has 3 nitrogen and oxygen atoms in total. The van der Waals surface area contributed by atoms with Crippen LogP contribution in [0.25, 0.3) is 0 Å². The summed E-state index contributed by atoms with van der Waals surface area (Å²) in [6.45, 7) is 0.814. The molecule has 0 heterocycles. The lowest BCUT2D eigenvalue weighted by Gasteiger charge is -2.28. The topological polar surface area (TPSA) is 30.5 Å². The summed E-state index contributed by atoms with van der Waals surface area (Å²) in [5.74, 6) is 1.29. The minimum Gasteiger partial charge on any atom is -0.493 e. The Morgan fingerprint density at radius 2 is 1.90 bits per heavy atom. The molecule has 118 valence electrons. The predicted molar refractivity (Wildman–Crippen MR) is 91.0 cm³/mol. The van der Waals surface area contributed by atoms with Crippen molar-refractivity contribution in [2.45, 2.75) is 43.5 Å². The minimum absolute atomic E-state index is 0.597. The highest BCUT2D eigenvalue weighted by Crippen LogP contribution is 2.36. The SMILES string of the molecule is COc1cc(CNC2CCC(SC)CC2)cc(Cl)c1OC. The molecular formula is C16H24ClNO2S. The Morgan fingerprint density at radius 3 is 2.48 bits per heavy atom. The fourth-order valence-corrected chi connectivity index (χ4v) is 3.89. The van der Waals surface area contributed by atoms with E-state index < -0.39 is 0 Å². The van der Waals surface area contributed by atoms with Gasteiger partial charge >= 0.3 is 0 Å². The van der Waals surface area contributed by atoms with Crippen LogP contribution in [0.2, 0.25) is 5.02 Å². The van der Waals surface area contributed by atoms with E-state index in [9.17, 15) is 0 Å². The highest BCUT2D eigenvalue weighted by molar-refractivity contribution is 7.99. The number of nitrogens with one attached hydrogen (secondary N) is 1. The maximum Gasteiger partial charge on any atom is 0.179 e. The van der Waals surface area contributed by atoms with E-state index in [1.54, 1.807) is 14.2 Å². The van der Waals surface area contributed by atoms with Crippen molar-refractivity contribution in [1.29, 1.82) is 0 Å². The summed E-state index contributed by atoms with van der Waals surface area (Å²) >= 11 is 8.23. The molecule has 1 saturated carbocycles. The molecule has 0 aromatic heterocycles. The van der Waals surface area contributed by atoms with E-state index in [-0.39, 0.29) is 0 Å². The average Bonchev–Trinajstić information content (AvgIpc) is 2.52. The van der Waals surface area contributed by atoms with E-state index in [0.717, 1.165) is 17.4 Å². The molecule has 5 heteroatoms. The third-order valence-electron chi connectivity index (χ3n) is 4.10. The van der Waals surface area contributed by atoms with Crippen molar-refractivity contribution in [1.82, 2.24) is 5.32 Å². The van der Waals surface area contributed by atoms with Crippen LogP contribution >= 0.6 is 23.4 Å². The molecule has 2 rings (SSSR count). The second-order valence-corrected chi connectivity index (χ2v) is 6.95. The van der Waals surface area contributed by atoms with Gasteiger partial charge in [-0.25, -0.2) is 0 Å². The molecule has 1 aliphatic rings. The zero-order chi connectivity index (χ0) is 15.2. The third-order valence-corrected chi connectivity index (χ3v) is 5.51. The molecule has 0 bridgehead atoms. The molecule has 0 atom stereocenters. The molecule has 0 spiro atoms. The summed E-state index contributed by atoms with van der Waals surface area (Å²) in [4.78, 5) is 0. The highest BCUT2D eigenvalue weighted by atomic mass is 35.5. The van der Waals surface area contributed by atoms with Gasteiger partial charge in [0.25, 0.3) is 0 Å². The van der Waals surface area contributed by atoms with Crippen LogP contribution in [0.15, 0.2) is 12.1 Å². The van der Waals surface area contributed by atoms with Gasteiger partial charge in [0.1, 0.15) is 0 Å². The van der Waals surface area contributed by atoms with Crippen LogP contribution in [0.4, 0.5) is 0 Å². The molecule has 0 amide bonds. The summed E-state index contributed by atoms with van der Waals surface area (Å²) < 4.78 is 10.6. The van der Waals surface area contributed by atoms with E-state index in [1.807, 2.05) is 23.9 Å². The van der Waals surface area contributed by atoms with Gasteiger partial charge in [0.05, 0.1) is 19.2 Å². The Hall–Kier alpha value is -0.580. The summed E-state index contributed by atoms with van der Waals surface area (Å²) in [5, 5.41) is 5.08. The fourth-order valence-electron chi connectivity index (χ4n) is 2.84. The number of methoxy groups -OCH3 is 2. The van der Waals surface area contributed by atoms with Crippen LogP contribution in [-0.4, -0.2) is 31.8 Å². The first kappa shape index (κ1) is 16.8. The van der Waals surface area contributed by atoms with Gasteiger partial charge in [0.15, 0.2) is 11.5 Å². The van der Waals surface area contributed by atoms with Gasteiger partial charge in [-0.15, -0.1) is 0 Å². The van der Waals surface area contributed by atoms with Gasteiger partial charge in [0.2, 0.25) is 0 Å². The summed E-state index contributed by atoms with van der Waals surface area (Å²) in [6, 6.07) is 4.55. The van der Waals surface area contributed by atoms with Crippen LogP contribution in [0.3, 0.4) is 0 Å². The fraction of sp³-hybridized carbons (Fsp3) is 0.625. The summed E-state index contributed by atoms with van der Waals surface area (Å²) in [5.41, 5.74) is 1.13. The lowest BCUT2D eigenvalue weighted by Crippen LogP contribution is -2.33. The third kappa shape index (κ3) is 4.44. The maximum absolute atomic E-state index is 6.24. The van der Waals surface area contributed by atoms with Gasteiger partial charge in [-0.1, -0.05) is 11.6 Å². The van der Waals surface area contributed by atoms with Crippen molar-refractivity contribution < 1.29 is 9.47 Å². The maximum atomic E-state index is 6.24. The number of rotatable bonds is 6. The molecule has 1 aromatic carbocycles. The molecule has 1 N–H and O–H groups in total. The van der Waals surface area contributed by atoms with Crippen molar-refractivity contribution in [3.8, 4) is 11.5 Å². The smallest absolute Gasteiger partial charge is 0.179 e. The van der Waals surface area contributed by atoms with Gasteiger partial charge in [0, 0.05) is 17.8 Å². The first-order valence-corrected chi connectivity index (χ1v) is 9.01. The van der Waals surface area contributed by atoms with Crippen LogP contribution in [0, 0.1) is 0 Å². The van der Waals surface area contributed by atoms with Gasteiger partial charge < -0.3 is 14.8 Å². The molecule has 21 heavy (non-hydrogen) atoms. The predicted octanol–water partition coefficient (Wildman–Crippen LogP) is 4.12. The number of ether oxygens (including phenoxy) is 2. The van der Waals surface area contributed by atoms with Crippen molar-refractivity contribution in [2.24, 2.45) is 0 Å². The Morgan fingerprint density at radius 1 is 1.19 bits per heavy atom. The quantitative estimate of drug-likeness (QED) is 0.850. The number of hydrogen-bond acceptors (Lipinski definition) is 4.